The third-order valence-electron chi connectivity index (χ3n) is 5.41. The summed E-state index contributed by atoms with van der Waals surface area (Å²) < 4.78 is 0. The highest BCUT2D eigenvalue weighted by atomic mass is 35.5. The van der Waals surface area contributed by atoms with Gasteiger partial charge in [-0.1, -0.05) is 60.1 Å². The van der Waals surface area contributed by atoms with Gasteiger partial charge in [0.15, 0.2) is 0 Å². The number of aromatic amines is 1. The van der Waals surface area contributed by atoms with Crippen molar-refractivity contribution in [3.05, 3.63) is 106 Å². The Morgan fingerprint density at radius 3 is 2.62 bits per heavy atom. The van der Waals surface area contributed by atoms with Crippen LogP contribution in [0.25, 0.3) is 34.0 Å². The Hall–Kier alpha value is -4.42. The lowest BCUT2D eigenvalue weighted by atomic mass is 10.1. The first-order valence-electron chi connectivity index (χ1n) is 10.5. The SMILES string of the molecule is O=C(O)c1[nH]c2ccccc2c1C(=O)Nc1cccc(/C=C/c2ccc3ccc(Cl)cc3n2)c1. The fraction of sp³-hybridized carbons (Fsp3) is 0. The summed E-state index contributed by atoms with van der Waals surface area (Å²) in [6.45, 7) is 0. The van der Waals surface area contributed by atoms with Crippen molar-refractivity contribution in [1.82, 2.24) is 9.97 Å². The zero-order valence-corrected chi connectivity index (χ0v) is 18.5. The van der Waals surface area contributed by atoms with Crippen LogP contribution in [0.2, 0.25) is 5.02 Å². The molecule has 6 nitrogen and oxygen atoms in total. The number of carboxylic acid groups (broad SMARTS) is 1. The minimum Gasteiger partial charge on any atom is -0.477 e. The summed E-state index contributed by atoms with van der Waals surface area (Å²) in [5.74, 6) is -1.69. The molecule has 0 bridgehead atoms. The summed E-state index contributed by atoms with van der Waals surface area (Å²) in [7, 11) is 0. The van der Waals surface area contributed by atoms with Gasteiger partial charge < -0.3 is 15.4 Å². The second-order valence-electron chi connectivity index (χ2n) is 7.71. The maximum Gasteiger partial charge on any atom is 0.353 e. The van der Waals surface area contributed by atoms with Crippen LogP contribution < -0.4 is 5.32 Å². The van der Waals surface area contributed by atoms with Gasteiger partial charge in [0.2, 0.25) is 0 Å². The minimum absolute atomic E-state index is 0.100. The largest absolute Gasteiger partial charge is 0.477 e. The fourth-order valence-electron chi connectivity index (χ4n) is 3.83. The van der Waals surface area contributed by atoms with Gasteiger partial charge in [-0.25, -0.2) is 9.78 Å². The van der Waals surface area contributed by atoms with Crippen LogP contribution in [0.3, 0.4) is 0 Å². The normalized spacial score (nSPS) is 11.3. The number of carboxylic acids is 1. The number of anilines is 1. The molecule has 3 N–H and O–H groups in total. The van der Waals surface area contributed by atoms with Crippen LogP contribution in [0.15, 0.2) is 78.9 Å². The molecular formula is C27H18ClN3O3. The summed E-state index contributed by atoms with van der Waals surface area (Å²) in [6, 6.07) is 23.7. The number of pyridine rings is 1. The fourth-order valence-corrected chi connectivity index (χ4v) is 4.00. The maximum absolute atomic E-state index is 13.0. The van der Waals surface area contributed by atoms with Crippen molar-refractivity contribution in [3.63, 3.8) is 0 Å². The van der Waals surface area contributed by atoms with Gasteiger partial charge in [0.25, 0.3) is 5.91 Å². The zero-order chi connectivity index (χ0) is 23.7. The van der Waals surface area contributed by atoms with E-state index in [-0.39, 0.29) is 11.3 Å². The standard InChI is InChI=1S/C27H18ClN3O3/c28-18-11-9-17-10-13-19(29-23(17)15-18)12-8-16-4-3-5-20(14-16)30-26(32)24-21-6-1-2-7-22(21)31-25(24)27(33)34/h1-15,31H,(H,30,32)(H,33,34)/b12-8+. The number of carbonyl (C=O) groups excluding carboxylic acids is 1. The van der Waals surface area contributed by atoms with E-state index in [2.05, 4.69) is 15.3 Å². The highest BCUT2D eigenvalue weighted by Crippen LogP contribution is 2.24. The topological polar surface area (TPSA) is 95.1 Å². The molecule has 1 amide bonds. The molecule has 0 atom stereocenters. The highest BCUT2D eigenvalue weighted by Gasteiger charge is 2.22. The highest BCUT2D eigenvalue weighted by molar-refractivity contribution is 6.31. The number of rotatable bonds is 5. The van der Waals surface area contributed by atoms with Crippen molar-refractivity contribution in [2.45, 2.75) is 0 Å². The molecule has 0 saturated carbocycles. The molecule has 0 saturated heterocycles. The number of carbonyl (C=O) groups is 2. The van der Waals surface area contributed by atoms with Crippen LogP contribution in [0.5, 0.6) is 0 Å². The van der Waals surface area contributed by atoms with Crippen molar-refractivity contribution < 1.29 is 14.7 Å². The predicted molar refractivity (Wildman–Crippen MR) is 135 cm³/mol. The van der Waals surface area contributed by atoms with E-state index in [0.717, 1.165) is 22.2 Å². The third-order valence-corrected chi connectivity index (χ3v) is 5.65. The second kappa shape index (κ2) is 8.84. The van der Waals surface area contributed by atoms with E-state index < -0.39 is 11.9 Å². The van der Waals surface area contributed by atoms with Crippen molar-refractivity contribution in [1.29, 1.82) is 0 Å². The predicted octanol–water partition coefficient (Wildman–Crippen LogP) is 6.49. The van der Waals surface area contributed by atoms with Crippen LogP contribution >= 0.6 is 11.6 Å². The maximum atomic E-state index is 13.0. The molecule has 0 unspecified atom stereocenters. The molecular weight excluding hydrogens is 450 g/mol. The molecule has 0 spiro atoms. The van der Waals surface area contributed by atoms with Gasteiger partial charge in [-0.2, -0.15) is 0 Å². The van der Waals surface area contributed by atoms with Gasteiger partial charge in [0.05, 0.1) is 16.8 Å². The lowest BCUT2D eigenvalue weighted by molar-refractivity contribution is 0.0687. The first-order chi connectivity index (χ1) is 16.5. The van der Waals surface area contributed by atoms with Crippen LogP contribution in [-0.2, 0) is 0 Å². The van der Waals surface area contributed by atoms with E-state index in [1.54, 1.807) is 30.3 Å². The molecule has 3 aromatic carbocycles. The molecule has 5 rings (SSSR count). The molecule has 0 aliphatic rings. The number of para-hydroxylation sites is 1. The van der Waals surface area contributed by atoms with Crippen LogP contribution in [-0.4, -0.2) is 27.0 Å². The number of H-pyrrole nitrogens is 1. The Morgan fingerprint density at radius 2 is 1.76 bits per heavy atom. The minimum atomic E-state index is -1.19. The lowest BCUT2D eigenvalue weighted by Gasteiger charge is -2.07. The number of hydrogen-bond donors (Lipinski definition) is 3. The van der Waals surface area contributed by atoms with Crippen LogP contribution in [0.1, 0.15) is 32.1 Å². The van der Waals surface area contributed by atoms with E-state index in [9.17, 15) is 14.7 Å². The Kier molecular flexibility index (Phi) is 5.57. The summed E-state index contributed by atoms with van der Waals surface area (Å²) in [4.78, 5) is 32.1. The molecule has 2 heterocycles. The number of benzene rings is 3. The Balaban J connectivity index is 1.40. The molecule has 34 heavy (non-hydrogen) atoms. The number of halogens is 1. The number of amides is 1. The first-order valence-corrected chi connectivity index (χ1v) is 10.9. The number of nitrogens with one attached hydrogen (secondary N) is 2. The molecule has 7 heteroatoms. The molecule has 5 aromatic rings. The van der Waals surface area contributed by atoms with Gasteiger partial charge in [0.1, 0.15) is 5.69 Å². The number of aromatic nitrogens is 2. The van der Waals surface area contributed by atoms with E-state index in [0.29, 0.717) is 21.6 Å². The zero-order valence-electron chi connectivity index (χ0n) is 17.7. The smallest absolute Gasteiger partial charge is 0.353 e. The number of nitrogens with zero attached hydrogens (tertiary/aromatic N) is 1. The van der Waals surface area contributed by atoms with Crippen molar-refractivity contribution in [2.24, 2.45) is 0 Å². The van der Waals surface area contributed by atoms with Gasteiger partial charge in [-0.15, -0.1) is 0 Å². The Bertz CT molecular complexity index is 1600. The average molecular weight is 468 g/mol. The molecule has 166 valence electrons. The van der Waals surface area contributed by atoms with Gasteiger partial charge in [0, 0.05) is 27.0 Å². The summed E-state index contributed by atoms with van der Waals surface area (Å²) in [5, 5.41) is 14.6. The quantitative estimate of drug-likeness (QED) is 0.275. The molecule has 2 aromatic heterocycles. The number of hydrogen-bond acceptors (Lipinski definition) is 3. The molecule has 0 aliphatic heterocycles. The lowest BCUT2D eigenvalue weighted by Crippen LogP contribution is -2.15. The van der Waals surface area contributed by atoms with E-state index in [1.807, 2.05) is 60.7 Å². The second-order valence-corrected chi connectivity index (χ2v) is 8.15. The molecule has 0 fully saturated rings. The molecule has 0 radical (unpaired) electrons. The summed E-state index contributed by atoms with van der Waals surface area (Å²) in [6.07, 6.45) is 3.77. The molecule has 0 aliphatic carbocycles. The number of fused-ring (bicyclic) bond motifs is 2. The van der Waals surface area contributed by atoms with Gasteiger partial charge >= 0.3 is 5.97 Å². The van der Waals surface area contributed by atoms with Crippen molar-refractivity contribution in [3.8, 4) is 0 Å². The third kappa shape index (κ3) is 4.27. The van der Waals surface area contributed by atoms with Gasteiger partial charge in [-0.05, 0) is 48.0 Å². The monoisotopic (exact) mass is 467 g/mol. The Morgan fingerprint density at radius 1 is 0.941 bits per heavy atom. The van der Waals surface area contributed by atoms with E-state index in [1.165, 1.54) is 0 Å². The van der Waals surface area contributed by atoms with Crippen LogP contribution in [0, 0.1) is 0 Å². The van der Waals surface area contributed by atoms with Crippen molar-refractivity contribution in [2.75, 3.05) is 5.32 Å². The van der Waals surface area contributed by atoms with E-state index >= 15 is 0 Å². The van der Waals surface area contributed by atoms with E-state index in [4.69, 9.17) is 11.6 Å². The van der Waals surface area contributed by atoms with Crippen molar-refractivity contribution >= 4 is 63.1 Å². The van der Waals surface area contributed by atoms with Gasteiger partial charge in [-0.3, -0.25) is 4.79 Å². The average Bonchev–Trinajstić information content (AvgIpc) is 3.23. The summed E-state index contributed by atoms with van der Waals surface area (Å²) in [5.41, 5.74) is 3.53. The Labute approximate surface area is 199 Å². The number of aromatic carboxylic acids is 1. The first kappa shape index (κ1) is 21.4. The van der Waals surface area contributed by atoms with Crippen LogP contribution in [0.4, 0.5) is 5.69 Å². The summed E-state index contributed by atoms with van der Waals surface area (Å²) >= 11 is 6.07.